The van der Waals surface area contributed by atoms with Gasteiger partial charge in [0.25, 0.3) is 0 Å². The molecule has 3 nitrogen and oxygen atoms in total. The monoisotopic (exact) mass is 293 g/mol. The largest absolute Gasteiger partial charge is 0.387 e. The first-order valence-electron chi connectivity index (χ1n) is 7.10. The fraction of sp³-hybridized carbons (Fsp3) is 0.562. The van der Waals surface area contributed by atoms with Gasteiger partial charge in [-0.15, -0.1) is 0 Å². The molecule has 0 fully saturated rings. The van der Waals surface area contributed by atoms with E-state index in [-0.39, 0.29) is 11.8 Å². The lowest BCUT2D eigenvalue weighted by atomic mass is 9.82. The van der Waals surface area contributed by atoms with Crippen molar-refractivity contribution in [3.63, 3.8) is 0 Å². The summed E-state index contributed by atoms with van der Waals surface area (Å²) in [4.78, 5) is 12.4. The standard InChI is InChI=1S/C16H23NO2S/c1-16(19,11-20-2)10-17-15(18)14-9-5-7-12-6-3-4-8-13(12)14/h3-4,6,8,14,19H,5,7,9-11H2,1-2H3,(H,17,18)/t14-,16+/m1/s1. The van der Waals surface area contributed by atoms with Crippen molar-refractivity contribution in [1.29, 1.82) is 0 Å². The zero-order valence-electron chi connectivity index (χ0n) is 12.2. The Morgan fingerprint density at radius 2 is 2.25 bits per heavy atom. The predicted molar refractivity (Wildman–Crippen MR) is 84.1 cm³/mol. The number of amides is 1. The lowest BCUT2D eigenvalue weighted by Gasteiger charge is -2.27. The first kappa shape index (κ1) is 15.4. The minimum atomic E-state index is -0.844. The van der Waals surface area contributed by atoms with Crippen LogP contribution in [-0.2, 0) is 11.2 Å². The molecule has 1 amide bonds. The minimum Gasteiger partial charge on any atom is -0.387 e. The van der Waals surface area contributed by atoms with Gasteiger partial charge in [-0.05, 0) is 43.6 Å². The van der Waals surface area contributed by atoms with Gasteiger partial charge in [-0.25, -0.2) is 0 Å². The molecule has 4 heteroatoms. The highest BCUT2D eigenvalue weighted by molar-refractivity contribution is 7.98. The summed E-state index contributed by atoms with van der Waals surface area (Å²) in [6.07, 6.45) is 4.96. The Bertz CT molecular complexity index is 473. The van der Waals surface area contributed by atoms with E-state index in [4.69, 9.17) is 0 Å². The van der Waals surface area contributed by atoms with Crippen LogP contribution in [-0.4, -0.2) is 35.2 Å². The van der Waals surface area contributed by atoms with Crippen molar-refractivity contribution in [3.8, 4) is 0 Å². The van der Waals surface area contributed by atoms with Crippen molar-refractivity contribution in [2.24, 2.45) is 0 Å². The Labute approximate surface area is 125 Å². The number of hydrogen-bond donors (Lipinski definition) is 2. The summed E-state index contributed by atoms with van der Waals surface area (Å²) in [5, 5.41) is 13.0. The molecular formula is C16H23NO2S. The van der Waals surface area contributed by atoms with Gasteiger partial charge in [-0.1, -0.05) is 24.3 Å². The fourth-order valence-corrected chi connectivity index (χ4v) is 3.51. The third-order valence-electron chi connectivity index (χ3n) is 3.78. The van der Waals surface area contributed by atoms with Gasteiger partial charge in [0, 0.05) is 12.3 Å². The van der Waals surface area contributed by atoms with Gasteiger partial charge in [0.1, 0.15) is 0 Å². The minimum absolute atomic E-state index is 0.0403. The maximum Gasteiger partial charge on any atom is 0.227 e. The molecule has 0 aliphatic heterocycles. The Morgan fingerprint density at radius 1 is 1.50 bits per heavy atom. The highest BCUT2D eigenvalue weighted by atomic mass is 32.2. The van der Waals surface area contributed by atoms with Crippen LogP contribution in [0.4, 0.5) is 0 Å². The first-order chi connectivity index (χ1) is 9.53. The van der Waals surface area contributed by atoms with E-state index < -0.39 is 5.60 Å². The molecule has 2 atom stereocenters. The average Bonchev–Trinajstić information content (AvgIpc) is 2.44. The smallest absolute Gasteiger partial charge is 0.227 e. The van der Waals surface area contributed by atoms with Gasteiger partial charge in [-0.2, -0.15) is 11.8 Å². The molecule has 0 saturated heterocycles. The summed E-state index contributed by atoms with van der Waals surface area (Å²) >= 11 is 1.58. The van der Waals surface area contributed by atoms with Gasteiger partial charge in [0.15, 0.2) is 0 Å². The van der Waals surface area contributed by atoms with Gasteiger partial charge < -0.3 is 10.4 Å². The number of aliphatic hydroxyl groups is 1. The SMILES string of the molecule is CSC[C@@](C)(O)CNC(=O)[C@@H]1CCCc2ccccc21. The zero-order valence-corrected chi connectivity index (χ0v) is 13.0. The highest BCUT2D eigenvalue weighted by Crippen LogP contribution is 2.31. The molecule has 20 heavy (non-hydrogen) atoms. The molecule has 1 aliphatic carbocycles. The van der Waals surface area contributed by atoms with Crippen molar-refractivity contribution in [2.45, 2.75) is 37.7 Å². The van der Waals surface area contributed by atoms with E-state index in [0.717, 1.165) is 24.8 Å². The average molecular weight is 293 g/mol. The highest BCUT2D eigenvalue weighted by Gasteiger charge is 2.28. The van der Waals surface area contributed by atoms with Crippen LogP contribution in [0.3, 0.4) is 0 Å². The second-order valence-corrected chi connectivity index (χ2v) is 6.66. The van der Waals surface area contributed by atoms with Gasteiger partial charge in [-0.3, -0.25) is 4.79 Å². The van der Waals surface area contributed by atoms with Gasteiger partial charge in [0.2, 0.25) is 5.91 Å². The Hall–Kier alpha value is -1.00. The van der Waals surface area contributed by atoms with Crippen LogP contribution in [0, 0.1) is 0 Å². The molecule has 0 radical (unpaired) electrons. The fourth-order valence-electron chi connectivity index (χ4n) is 2.79. The molecule has 0 unspecified atom stereocenters. The normalized spacial score (nSPS) is 20.9. The molecule has 1 aliphatic rings. The van der Waals surface area contributed by atoms with Gasteiger partial charge >= 0.3 is 0 Å². The second kappa shape index (κ2) is 6.64. The molecule has 0 heterocycles. The van der Waals surface area contributed by atoms with E-state index in [9.17, 15) is 9.90 Å². The number of nitrogens with one attached hydrogen (secondary N) is 1. The summed E-state index contributed by atoms with van der Waals surface area (Å²) < 4.78 is 0. The summed E-state index contributed by atoms with van der Waals surface area (Å²) in [6.45, 7) is 2.07. The van der Waals surface area contributed by atoms with E-state index in [1.807, 2.05) is 18.4 Å². The van der Waals surface area contributed by atoms with E-state index in [1.54, 1.807) is 18.7 Å². The van der Waals surface area contributed by atoms with E-state index in [2.05, 4.69) is 17.4 Å². The Morgan fingerprint density at radius 3 is 3.00 bits per heavy atom. The Kier molecular flexibility index (Phi) is 5.11. The molecule has 2 N–H and O–H groups in total. The third-order valence-corrected chi connectivity index (χ3v) is 4.70. The maximum atomic E-state index is 12.4. The molecule has 0 spiro atoms. The molecule has 2 rings (SSSR count). The summed E-state index contributed by atoms with van der Waals surface area (Å²) in [6, 6.07) is 8.19. The number of thioether (sulfide) groups is 1. The molecular weight excluding hydrogens is 270 g/mol. The molecule has 0 bridgehead atoms. The maximum absolute atomic E-state index is 12.4. The number of benzene rings is 1. The van der Waals surface area contributed by atoms with Crippen LogP contribution in [0.1, 0.15) is 36.8 Å². The molecule has 0 aromatic heterocycles. The lowest BCUT2D eigenvalue weighted by Crippen LogP contribution is -2.44. The summed E-state index contributed by atoms with van der Waals surface area (Å²) in [5.41, 5.74) is 1.60. The van der Waals surface area contributed by atoms with Crippen molar-refractivity contribution < 1.29 is 9.90 Å². The number of fused-ring (bicyclic) bond motifs is 1. The Balaban J connectivity index is 2.01. The van der Waals surface area contributed by atoms with E-state index in [0.29, 0.717) is 12.3 Å². The van der Waals surface area contributed by atoms with Crippen LogP contribution in [0.15, 0.2) is 24.3 Å². The van der Waals surface area contributed by atoms with Crippen molar-refractivity contribution in [2.75, 3.05) is 18.6 Å². The van der Waals surface area contributed by atoms with Crippen molar-refractivity contribution in [1.82, 2.24) is 5.32 Å². The lowest BCUT2D eigenvalue weighted by molar-refractivity contribution is -0.123. The first-order valence-corrected chi connectivity index (χ1v) is 8.50. The van der Waals surface area contributed by atoms with Crippen LogP contribution >= 0.6 is 11.8 Å². The van der Waals surface area contributed by atoms with Crippen LogP contribution in [0.25, 0.3) is 0 Å². The summed E-state index contributed by atoms with van der Waals surface area (Å²) in [5.74, 6) is 0.595. The second-order valence-electron chi connectivity index (χ2n) is 5.79. The number of hydrogen-bond acceptors (Lipinski definition) is 3. The van der Waals surface area contributed by atoms with E-state index in [1.165, 1.54) is 5.56 Å². The molecule has 1 aromatic rings. The van der Waals surface area contributed by atoms with Crippen LogP contribution < -0.4 is 5.32 Å². The van der Waals surface area contributed by atoms with Crippen molar-refractivity contribution >= 4 is 17.7 Å². The quantitative estimate of drug-likeness (QED) is 0.876. The van der Waals surface area contributed by atoms with E-state index >= 15 is 0 Å². The molecule has 0 saturated carbocycles. The number of rotatable bonds is 5. The summed E-state index contributed by atoms with van der Waals surface area (Å²) in [7, 11) is 0. The molecule has 1 aromatic carbocycles. The number of carbonyl (C=O) groups excluding carboxylic acids is 1. The van der Waals surface area contributed by atoms with Crippen LogP contribution in [0.5, 0.6) is 0 Å². The molecule has 110 valence electrons. The third kappa shape index (κ3) is 3.76. The van der Waals surface area contributed by atoms with Crippen LogP contribution in [0.2, 0.25) is 0 Å². The topological polar surface area (TPSA) is 49.3 Å². The predicted octanol–water partition coefficient (Wildman–Crippen LogP) is 2.34. The zero-order chi connectivity index (χ0) is 14.6. The van der Waals surface area contributed by atoms with Crippen molar-refractivity contribution in [3.05, 3.63) is 35.4 Å². The number of aryl methyl sites for hydroxylation is 1. The van der Waals surface area contributed by atoms with Gasteiger partial charge in [0.05, 0.1) is 11.5 Å². The number of carbonyl (C=O) groups is 1.